The van der Waals surface area contributed by atoms with E-state index in [1.54, 1.807) is 0 Å². The summed E-state index contributed by atoms with van der Waals surface area (Å²) in [6, 6.07) is 4.14. The second-order valence-corrected chi connectivity index (χ2v) is 4.05. The van der Waals surface area contributed by atoms with Gasteiger partial charge in [-0.1, -0.05) is 12.8 Å². The number of carbonyl (C=O) groups is 1. The first-order chi connectivity index (χ1) is 9.08. The van der Waals surface area contributed by atoms with Gasteiger partial charge in [-0.2, -0.15) is 0 Å². The van der Waals surface area contributed by atoms with Crippen molar-refractivity contribution in [2.45, 2.75) is 19.4 Å². The van der Waals surface area contributed by atoms with E-state index in [9.17, 15) is 14.9 Å². The van der Waals surface area contributed by atoms with E-state index in [1.165, 1.54) is 23.1 Å². The third-order valence-corrected chi connectivity index (χ3v) is 2.88. The highest BCUT2D eigenvalue weighted by Gasteiger charge is 2.33. The number of ether oxygens (including phenoxy) is 1. The molecule has 1 aromatic carbocycles. The fourth-order valence-corrected chi connectivity index (χ4v) is 1.94. The fraction of sp³-hybridized carbons (Fsp3) is 0.308. The van der Waals surface area contributed by atoms with E-state index < -0.39 is 11.0 Å². The number of anilines is 1. The van der Waals surface area contributed by atoms with Crippen molar-refractivity contribution in [2.75, 3.05) is 11.4 Å². The van der Waals surface area contributed by atoms with Crippen molar-refractivity contribution in [1.29, 1.82) is 0 Å². The monoisotopic (exact) mass is 260 g/mol. The van der Waals surface area contributed by atoms with Gasteiger partial charge in [0.2, 0.25) is 0 Å². The number of non-ortho nitro benzene ring substituents is 1. The first-order valence-electron chi connectivity index (χ1n) is 5.78. The highest BCUT2D eigenvalue weighted by atomic mass is 16.6. The van der Waals surface area contributed by atoms with Crippen LogP contribution < -0.4 is 9.64 Å². The van der Waals surface area contributed by atoms with E-state index in [0.29, 0.717) is 17.9 Å². The Morgan fingerprint density at radius 1 is 1.58 bits per heavy atom. The highest BCUT2D eigenvalue weighted by molar-refractivity contribution is 6.00. The van der Waals surface area contributed by atoms with Crippen molar-refractivity contribution < 1.29 is 14.5 Å². The molecule has 1 aliphatic heterocycles. The van der Waals surface area contributed by atoms with Crippen LogP contribution in [0.15, 0.2) is 18.2 Å². The standard InChI is InChI=1S/C13H12N2O4/c1-3-7-14-10-8-9(15(17)18)5-6-12(10)19-11(4-2)13(14)16/h1,5-6,8,11H,4,7H2,2H3. The minimum absolute atomic E-state index is 0.0624. The molecular formula is C13H12N2O4. The Balaban J connectivity index is 2.50. The number of rotatable bonds is 3. The summed E-state index contributed by atoms with van der Waals surface area (Å²) in [6.07, 6.45) is 5.16. The van der Waals surface area contributed by atoms with Crippen LogP contribution in [-0.4, -0.2) is 23.5 Å². The molecule has 1 aromatic rings. The van der Waals surface area contributed by atoms with Gasteiger partial charge in [-0.15, -0.1) is 6.42 Å². The Morgan fingerprint density at radius 3 is 2.89 bits per heavy atom. The SMILES string of the molecule is C#CCN1C(=O)C(CC)Oc2ccc([N+](=O)[O-])cc21. The summed E-state index contributed by atoms with van der Waals surface area (Å²) in [5, 5.41) is 10.8. The Bertz CT molecular complexity index is 576. The molecule has 1 heterocycles. The van der Waals surface area contributed by atoms with Gasteiger partial charge in [0.1, 0.15) is 5.75 Å². The number of fused-ring (bicyclic) bond motifs is 1. The molecule has 0 saturated heterocycles. The van der Waals surface area contributed by atoms with Gasteiger partial charge < -0.3 is 4.74 Å². The van der Waals surface area contributed by atoms with Gasteiger partial charge in [0, 0.05) is 12.1 Å². The van der Waals surface area contributed by atoms with Gasteiger partial charge in [0.05, 0.1) is 17.2 Å². The molecule has 0 aliphatic carbocycles. The van der Waals surface area contributed by atoms with Crippen LogP contribution in [0.3, 0.4) is 0 Å². The largest absolute Gasteiger partial charge is 0.478 e. The highest BCUT2D eigenvalue weighted by Crippen LogP contribution is 2.37. The summed E-state index contributed by atoms with van der Waals surface area (Å²) < 4.78 is 5.52. The second kappa shape index (κ2) is 4.98. The van der Waals surface area contributed by atoms with Crippen LogP contribution in [0.1, 0.15) is 13.3 Å². The maximum absolute atomic E-state index is 12.1. The van der Waals surface area contributed by atoms with E-state index in [1.807, 2.05) is 6.92 Å². The first kappa shape index (κ1) is 12.9. The van der Waals surface area contributed by atoms with Crippen molar-refractivity contribution in [2.24, 2.45) is 0 Å². The van der Waals surface area contributed by atoms with E-state index in [4.69, 9.17) is 11.2 Å². The molecule has 98 valence electrons. The van der Waals surface area contributed by atoms with Crippen LogP contribution in [0.25, 0.3) is 0 Å². The zero-order valence-electron chi connectivity index (χ0n) is 10.3. The minimum atomic E-state index is -0.595. The van der Waals surface area contributed by atoms with Gasteiger partial charge in [-0.25, -0.2) is 0 Å². The Kier molecular flexibility index (Phi) is 3.38. The van der Waals surface area contributed by atoms with Crippen LogP contribution >= 0.6 is 0 Å². The average Bonchev–Trinajstić information content (AvgIpc) is 2.41. The maximum atomic E-state index is 12.1. The van der Waals surface area contributed by atoms with Crippen LogP contribution in [0.4, 0.5) is 11.4 Å². The van der Waals surface area contributed by atoms with E-state index in [-0.39, 0.29) is 18.1 Å². The molecule has 19 heavy (non-hydrogen) atoms. The zero-order valence-corrected chi connectivity index (χ0v) is 10.3. The van der Waals surface area contributed by atoms with Gasteiger partial charge in [-0.3, -0.25) is 19.8 Å². The predicted octanol–water partition coefficient (Wildman–Crippen LogP) is 1.73. The topological polar surface area (TPSA) is 72.7 Å². The molecule has 1 atom stereocenters. The number of benzene rings is 1. The molecule has 0 saturated carbocycles. The average molecular weight is 260 g/mol. The number of hydrogen-bond donors (Lipinski definition) is 0. The Hall–Kier alpha value is -2.55. The number of amides is 1. The molecule has 0 bridgehead atoms. The van der Waals surface area contributed by atoms with Crippen molar-refractivity contribution in [3.05, 3.63) is 28.3 Å². The molecule has 2 rings (SSSR count). The van der Waals surface area contributed by atoms with Crippen LogP contribution in [0.5, 0.6) is 5.75 Å². The summed E-state index contributed by atoms with van der Waals surface area (Å²) in [7, 11) is 0. The normalized spacial score (nSPS) is 17.4. The van der Waals surface area contributed by atoms with Crippen LogP contribution in [0.2, 0.25) is 0 Å². The molecule has 1 aliphatic rings. The number of nitrogens with zero attached hydrogens (tertiary/aromatic N) is 2. The van der Waals surface area contributed by atoms with Gasteiger partial charge in [-0.05, 0) is 12.5 Å². The number of nitro groups is 1. The van der Waals surface area contributed by atoms with Crippen molar-refractivity contribution in [1.82, 2.24) is 0 Å². The van der Waals surface area contributed by atoms with Gasteiger partial charge >= 0.3 is 0 Å². The molecule has 6 nitrogen and oxygen atoms in total. The Morgan fingerprint density at radius 2 is 2.32 bits per heavy atom. The molecular weight excluding hydrogens is 248 g/mol. The molecule has 0 fully saturated rings. The van der Waals surface area contributed by atoms with Crippen molar-refractivity contribution in [3.8, 4) is 18.1 Å². The Labute approximate surface area is 110 Å². The molecule has 0 N–H and O–H groups in total. The zero-order chi connectivity index (χ0) is 14.0. The van der Waals surface area contributed by atoms with E-state index in [0.717, 1.165) is 0 Å². The quantitative estimate of drug-likeness (QED) is 0.471. The minimum Gasteiger partial charge on any atom is -0.478 e. The van der Waals surface area contributed by atoms with E-state index >= 15 is 0 Å². The van der Waals surface area contributed by atoms with Gasteiger partial charge in [0.25, 0.3) is 11.6 Å². The second-order valence-electron chi connectivity index (χ2n) is 4.05. The predicted molar refractivity (Wildman–Crippen MR) is 69.0 cm³/mol. The smallest absolute Gasteiger partial charge is 0.271 e. The summed E-state index contributed by atoms with van der Waals surface area (Å²) in [5.41, 5.74) is 0.244. The lowest BCUT2D eigenvalue weighted by molar-refractivity contribution is -0.384. The summed E-state index contributed by atoms with van der Waals surface area (Å²) in [6.45, 7) is 1.89. The van der Waals surface area contributed by atoms with Gasteiger partial charge in [0.15, 0.2) is 6.10 Å². The first-order valence-corrected chi connectivity index (χ1v) is 5.78. The number of nitro benzene ring substituents is 1. The van der Waals surface area contributed by atoms with Crippen molar-refractivity contribution >= 4 is 17.3 Å². The fourth-order valence-electron chi connectivity index (χ4n) is 1.94. The number of terminal acetylenes is 1. The maximum Gasteiger partial charge on any atom is 0.271 e. The third kappa shape index (κ3) is 2.22. The molecule has 6 heteroatoms. The molecule has 0 spiro atoms. The summed E-state index contributed by atoms with van der Waals surface area (Å²) in [4.78, 5) is 23.7. The summed E-state index contributed by atoms with van der Waals surface area (Å²) in [5.74, 6) is 2.55. The lowest BCUT2D eigenvalue weighted by Crippen LogP contribution is -2.45. The van der Waals surface area contributed by atoms with Crippen LogP contribution in [-0.2, 0) is 4.79 Å². The molecule has 0 radical (unpaired) electrons. The molecule has 1 amide bonds. The summed E-state index contributed by atoms with van der Waals surface area (Å²) >= 11 is 0. The van der Waals surface area contributed by atoms with E-state index in [2.05, 4.69) is 5.92 Å². The van der Waals surface area contributed by atoms with Crippen LogP contribution in [0, 0.1) is 22.5 Å². The lowest BCUT2D eigenvalue weighted by Gasteiger charge is -2.32. The number of carbonyl (C=O) groups excluding carboxylic acids is 1. The number of hydrogen-bond acceptors (Lipinski definition) is 4. The molecule has 1 unspecified atom stereocenters. The van der Waals surface area contributed by atoms with Crippen molar-refractivity contribution in [3.63, 3.8) is 0 Å². The molecule has 0 aromatic heterocycles. The third-order valence-electron chi connectivity index (χ3n) is 2.88. The lowest BCUT2D eigenvalue weighted by atomic mass is 10.1.